The van der Waals surface area contributed by atoms with Crippen LogP contribution in [0.4, 0.5) is 0 Å². The second kappa shape index (κ2) is 9.45. The first-order valence-corrected chi connectivity index (χ1v) is 9.43. The molecule has 144 valence electrons. The SMILES string of the molecule is CCC(C1CCC(N=C=O)(N=C=O)CC1)C1CCC(N=C=O)(N=C=O)CC1. The van der Waals surface area contributed by atoms with Gasteiger partial charge in [-0.2, -0.15) is 20.0 Å². The van der Waals surface area contributed by atoms with Crippen molar-refractivity contribution in [2.45, 2.75) is 76.0 Å². The first kappa shape index (κ1) is 20.8. The van der Waals surface area contributed by atoms with Crippen LogP contribution in [-0.2, 0) is 19.2 Å². The van der Waals surface area contributed by atoms with Gasteiger partial charge < -0.3 is 0 Å². The average molecular weight is 372 g/mol. The maximum absolute atomic E-state index is 10.7. The predicted molar refractivity (Wildman–Crippen MR) is 95.6 cm³/mol. The Bertz CT molecular complexity index is 610. The van der Waals surface area contributed by atoms with Crippen LogP contribution in [0.25, 0.3) is 0 Å². The minimum Gasteiger partial charge on any atom is -0.211 e. The molecule has 0 aromatic rings. The molecule has 2 aliphatic carbocycles. The number of hydrogen-bond donors (Lipinski definition) is 0. The zero-order valence-corrected chi connectivity index (χ0v) is 15.5. The van der Waals surface area contributed by atoms with Crippen LogP contribution in [-0.4, -0.2) is 35.6 Å². The van der Waals surface area contributed by atoms with Crippen LogP contribution in [0.5, 0.6) is 0 Å². The van der Waals surface area contributed by atoms with Crippen LogP contribution in [0, 0.1) is 17.8 Å². The maximum atomic E-state index is 10.7. The van der Waals surface area contributed by atoms with Crippen LogP contribution in [0.15, 0.2) is 20.0 Å². The fourth-order valence-corrected chi connectivity index (χ4v) is 4.95. The Hall–Kier alpha value is -2.48. The molecule has 2 saturated carbocycles. The predicted octanol–water partition coefficient (Wildman–Crippen LogP) is 3.13. The highest BCUT2D eigenvalue weighted by Gasteiger charge is 2.42. The second-order valence-electron chi connectivity index (χ2n) is 7.52. The molecule has 0 bridgehead atoms. The molecule has 8 heteroatoms. The molecule has 0 unspecified atom stereocenters. The van der Waals surface area contributed by atoms with Crippen LogP contribution in [0.3, 0.4) is 0 Å². The first-order chi connectivity index (χ1) is 13.1. The van der Waals surface area contributed by atoms with E-state index >= 15 is 0 Å². The molecule has 0 spiro atoms. The van der Waals surface area contributed by atoms with E-state index in [0.29, 0.717) is 43.4 Å². The van der Waals surface area contributed by atoms with Crippen molar-refractivity contribution in [3.05, 3.63) is 0 Å². The minimum atomic E-state index is -0.989. The Balaban J connectivity index is 2.05. The Labute approximate surface area is 158 Å². The van der Waals surface area contributed by atoms with Crippen LogP contribution in [0.2, 0.25) is 0 Å². The van der Waals surface area contributed by atoms with E-state index in [9.17, 15) is 19.2 Å². The smallest absolute Gasteiger partial charge is 0.211 e. The van der Waals surface area contributed by atoms with E-state index in [4.69, 9.17) is 0 Å². The van der Waals surface area contributed by atoms with Gasteiger partial charge >= 0.3 is 0 Å². The van der Waals surface area contributed by atoms with Crippen LogP contribution >= 0.6 is 0 Å². The number of hydrogen-bond acceptors (Lipinski definition) is 8. The Morgan fingerprint density at radius 3 is 1.22 bits per heavy atom. The molecular weight excluding hydrogens is 348 g/mol. The summed E-state index contributed by atoms with van der Waals surface area (Å²) < 4.78 is 0. The van der Waals surface area contributed by atoms with Crippen molar-refractivity contribution >= 4 is 24.3 Å². The van der Waals surface area contributed by atoms with Crippen LogP contribution in [0.1, 0.15) is 64.7 Å². The molecule has 27 heavy (non-hydrogen) atoms. The van der Waals surface area contributed by atoms with Gasteiger partial charge in [0.05, 0.1) is 0 Å². The van der Waals surface area contributed by atoms with Gasteiger partial charge in [0.25, 0.3) is 0 Å². The van der Waals surface area contributed by atoms with Gasteiger partial charge in [-0.15, -0.1) is 0 Å². The molecule has 0 heterocycles. The zero-order chi connectivity index (χ0) is 19.8. The monoisotopic (exact) mass is 372 g/mol. The van der Waals surface area contributed by atoms with Gasteiger partial charge in [0.2, 0.25) is 24.3 Å². The summed E-state index contributed by atoms with van der Waals surface area (Å²) in [5.41, 5.74) is -1.98. The van der Waals surface area contributed by atoms with Gasteiger partial charge in [0.1, 0.15) is 0 Å². The second-order valence-corrected chi connectivity index (χ2v) is 7.52. The van der Waals surface area contributed by atoms with E-state index in [0.717, 1.165) is 32.1 Å². The summed E-state index contributed by atoms with van der Waals surface area (Å²) in [4.78, 5) is 57.8. The Morgan fingerprint density at radius 1 is 0.704 bits per heavy atom. The average Bonchev–Trinajstić information content (AvgIpc) is 2.66. The molecule has 0 amide bonds. The standard InChI is InChI=1S/C19H24N4O4/c1-2-17(15-3-7-18(8-4-15,20-11-24)21-12-25)16-5-9-19(10-6-16,22-13-26)23-14-27/h15-17H,2-10H2,1H3. The number of isocyanates is 4. The molecule has 0 radical (unpaired) electrons. The molecule has 2 aliphatic rings. The van der Waals surface area contributed by atoms with Crippen LogP contribution < -0.4 is 0 Å². The fraction of sp³-hybridized carbons (Fsp3) is 0.789. The molecule has 2 fully saturated rings. The van der Waals surface area contributed by atoms with E-state index < -0.39 is 11.3 Å². The molecular formula is C19H24N4O4. The van der Waals surface area contributed by atoms with E-state index in [1.807, 2.05) is 0 Å². The molecule has 0 saturated heterocycles. The van der Waals surface area contributed by atoms with E-state index in [1.54, 1.807) is 0 Å². The third-order valence-electron chi connectivity index (χ3n) is 6.36. The normalized spacial score (nSPS) is 34.0. The van der Waals surface area contributed by atoms with Crippen molar-refractivity contribution in [3.8, 4) is 0 Å². The summed E-state index contributed by atoms with van der Waals surface area (Å²) in [6.07, 6.45) is 12.6. The Morgan fingerprint density at radius 2 is 1.00 bits per heavy atom. The van der Waals surface area contributed by atoms with E-state index in [2.05, 4.69) is 26.9 Å². The summed E-state index contributed by atoms with van der Waals surface area (Å²) >= 11 is 0. The van der Waals surface area contributed by atoms with Crippen molar-refractivity contribution in [2.24, 2.45) is 37.7 Å². The summed E-state index contributed by atoms with van der Waals surface area (Å²) in [5.74, 6) is 1.38. The molecule has 0 atom stereocenters. The fourth-order valence-electron chi connectivity index (χ4n) is 4.95. The lowest BCUT2D eigenvalue weighted by atomic mass is 9.66. The van der Waals surface area contributed by atoms with Gasteiger partial charge in [-0.05, 0) is 69.1 Å². The Kier molecular flexibility index (Phi) is 7.29. The topological polar surface area (TPSA) is 118 Å². The van der Waals surface area contributed by atoms with Gasteiger partial charge in [-0.25, -0.2) is 19.2 Å². The largest absolute Gasteiger partial charge is 0.237 e. The zero-order valence-electron chi connectivity index (χ0n) is 15.5. The lowest BCUT2D eigenvalue weighted by Crippen LogP contribution is -2.38. The van der Waals surface area contributed by atoms with Gasteiger partial charge in [-0.3, -0.25) is 0 Å². The molecule has 0 aromatic heterocycles. The number of nitrogens with zero attached hydrogens (tertiary/aromatic N) is 4. The van der Waals surface area contributed by atoms with E-state index in [-0.39, 0.29) is 0 Å². The molecule has 8 nitrogen and oxygen atoms in total. The highest BCUT2D eigenvalue weighted by Crippen LogP contribution is 2.47. The molecule has 0 N–H and O–H groups in total. The maximum Gasteiger partial charge on any atom is 0.237 e. The van der Waals surface area contributed by atoms with Gasteiger partial charge in [0, 0.05) is 0 Å². The molecule has 0 aliphatic heterocycles. The summed E-state index contributed by atoms with van der Waals surface area (Å²) in [6.45, 7) is 2.16. The quantitative estimate of drug-likeness (QED) is 0.504. The molecule has 0 aromatic carbocycles. The number of aliphatic imine (C=N–C) groups is 4. The lowest BCUT2D eigenvalue weighted by molar-refractivity contribution is 0.0982. The minimum absolute atomic E-state index is 0.452. The van der Waals surface area contributed by atoms with Crippen molar-refractivity contribution in [1.29, 1.82) is 0 Å². The van der Waals surface area contributed by atoms with Crippen molar-refractivity contribution in [1.82, 2.24) is 0 Å². The number of rotatable bonds is 7. The van der Waals surface area contributed by atoms with Crippen molar-refractivity contribution < 1.29 is 19.2 Å². The van der Waals surface area contributed by atoms with E-state index in [1.165, 1.54) is 24.3 Å². The lowest BCUT2D eigenvalue weighted by Gasteiger charge is -2.42. The highest BCUT2D eigenvalue weighted by atomic mass is 16.1. The highest BCUT2D eigenvalue weighted by molar-refractivity contribution is 5.39. The number of carbonyl (C=O) groups excluding carboxylic acids is 4. The van der Waals surface area contributed by atoms with Crippen molar-refractivity contribution in [3.63, 3.8) is 0 Å². The van der Waals surface area contributed by atoms with Gasteiger partial charge in [-0.1, -0.05) is 13.3 Å². The summed E-state index contributed by atoms with van der Waals surface area (Å²) in [6, 6.07) is 0. The summed E-state index contributed by atoms with van der Waals surface area (Å²) in [5, 5.41) is 0. The third-order valence-corrected chi connectivity index (χ3v) is 6.36. The van der Waals surface area contributed by atoms with Gasteiger partial charge in [0.15, 0.2) is 11.3 Å². The third kappa shape index (κ3) is 4.82. The summed E-state index contributed by atoms with van der Waals surface area (Å²) in [7, 11) is 0. The molecule has 2 rings (SSSR count). The first-order valence-electron chi connectivity index (χ1n) is 9.43. The van der Waals surface area contributed by atoms with Crippen molar-refractivity contribution in [2.75, 3.05) is 0 Å².